The van der Waals surface area contributed by atoms with Gasteiger partial charge in [-0.2, -0.15) is 0 Å². The van der Waals surface area contributed by atoms with Gasteiger partial charge in [0, 0.05) is 5.41 Å². The van der Waals surface area contributed by atoms with Crippen molar-refractivity contribution in [3.05, 3.63) is 0 Å². The number of ether oxygens (including phenoxy) is 1. The van der Waals surface area contributed by atoms with Gasteiger partial charge >= 0.3 is 0 Å². The number of rotatable bonds is 2. The van der Waals surface area contributed by atoms with Crippen molar-refractivity contribution in [3.63, 3.8) is 0 Å². The molecule has 1 saturated carbocycles. The van der Waals surface area contributed by atoms with Crippen molar-refractivity contribution in [3.8, 4) is 0 Å². The number of hydrogen-bond donors (Lipinski definition) is 0. The van der Waals surface area contributed by atoms with E-state index in [-0.39, 0.29) is 10.8 Å². The van der Waals surface area contributed by atoms with Crippen LogP contribution in [-0.4, -0.2) is 26.1 Å². The highest BCUT2D eigenvalue weighted by molar-refractivity contribution is 6.70. The highest BCUT2D eigenvalue weighted by atomic mass is 35.5. The van der Waals surface area contributed by atoms with Crippen LogP contribution in [-0.2, 0) is 9.16 Å². The molecule has 2 rings (SSSR count). The molecule has 0 aromatic heterocycles. The first-order chi connectivity index (χ1) is 6.32. The monoisotopic (exact) mass is 234 g/mol. The summed E-state index contributed by atoms with van der Waals surface area (Å²) in [6.07, 6.45) is 2.24. The summed E-state index contributed by atoms with van der Waals surface area (Å²) in [5, 5.41) is 0.0456. The lowest BCUT2D eigenvalue weighted by Crippen LogP contribution is -2.41. The van der Waals surface area contributed by atoms with Crippen molar-refractivity contribution in [1.82, 2.24) is 0 Å². The van der Waals surface area contributed by atoms with E-state index in [9.17, 15) is 0 Å². The Labute approximate surface area is 92.0 Å². The summed E-state index contributed by atoms with van der Waals surface area (Å²) in [6.45, 7) is 9.53. The first-order valence-electron chi connectivity index (χ1n) is 5.30. The molecule has 82 valence electrons. The van der Waals surface area contributed by atoms with Gasteiger partial charge in [0.1, 0.15) is 0 Å². The molecule has 0 aromatic carbocycles. The molecule has 0 bridgehead atoms. The van der Waals surface area contributed by atoms with Gasteiger partial charge in [-0.25, -0.2) is 0 Å². The minimum absolute atomic E-state index is 0.0456. The molecule has 1 aliphatic heterocycles. The Morgan fingerprint density at radius 1 is 1.43 bits per heavy atom. The molecule has 3 unspecified atom stereocenters. The van der Waals surface area contributed by atoms with Crippen molar-refractivity contribution < 1.29 is 9.16 Å². The molecule has 2 nitrogen and oxygen atoms in total. The van der Waals surface area contributed by atoms with Crippen LogP contribution >= 0.6 is 11.6 Å². The van der Waals surface area contributed by atoms with Crippen LogP contribution < -0.4 is 0 Å². The summed E-state index contributed by atoms with van der Waals surface area (Å²) in [7, 11) is -1.57. The van der Waals surface area contributed by atoms with Gasteiger partial charge in [0.25, 0.3) is 0 Å². The van der Waals surface area contributed by atoms with Crippen LogP contribution in [0.1, 0.15) is 19.8 Å². The van der Waals surface area contributed by atoms with E-state index in [1.807, 2.05) is 0 Å². The summed E-state index contributed by atoms with van der Waals surface area (Å²) < 4.78 is 12.0. The molecule has 0 aromatic rings. The van der Waals surface area contributed by atoms with E-state index < -0.39 is 14.1 Å². The highest BCUT2D eigenvalue weighted by Gasteiger charge is 2.78. The van der Waals surface area contributed by atoms with E-state index in [0.29, 0.717) is 0 Å². The first-order valence-corrected chi connectivity index (χ1v) is 9.14. The van der Waals surface area contributed by atoms with Crippen molar-refractivity contribution in [1.29, 1.82) is 0 Å². The zero-order chi connectivity index (χ0) is 10.6. The summed E-state index contributed by atoms with van der Waals surface area (Å²) in [6, 6.07) is 0. The maximum absolute atomic E-state index is 6.33. The molecule has 4 heteroatoms. The van der Waals surface area contributed by atoms with Crippen LogP contribution in [0.5, 0.6) is 0 Å². The van der Waals surface area contributed by atoms with E-state index in [1.54, 1.807) is 0 Å². The standard InChI is InChI=1S/C10H19ClO2Si/c1-9-6-5-7-12-10(9,8(9)11)13-14(2,3)4/h8H,5-7H2,1-4H3. The minimum atomic E-state index is -1.57. The van der Waals surface area contributed by atoms with E-state index in [4.69, 9.17) is 20.8 Å². The number of hydrogen-bond acceptors (Lipinski definition) is 2. The van der Waals surface area contributed by atoms with E-state index >= 15 is 0 Å². The van der Waals surface area contributed by atoms with Gasteiger partial charge in [0.2, 0.25) is 0 Å². The second-order valence-electron chi connectivity index (χ2n) is 5.61. The maximum Gasteiger partial charge on any atom is 0.187 e. The predicted molar refractivity (Wildman–Crippen MR) is 60.1 cm³/mol. The number of fused-ring (bicyclic) bond motifs is 1. The van der Waals surface area contributed by atoms with Crippen LogP contribution in [0.2, 0.25) is 19.6 Å². The fourth-order valence-electron chi connectivity index (χ4n) is 2.41. The zero-order valence-electron chi connectivity index (χ0n) is 9.39. The SMILES string of the molecule is CC12CCCOC1(O[Si](C)(C)C)C2Cl. The zero-order valence-corrected chi connectivity index (χ0v) is 11.1. The van der Waals surface area contributed by atoms with Gasteiger partial charge in [-0.3, -0.25) is 0 Å². The molecule has 0 amide bonds. The van der Waals surface area contributed by atoms with Crippen LogP contribution in [0.4, 0.5) is 0 Å². The second kappa shape index (κ2) is 2.97. The third kappa shape index (κ3) is 1.37. The van der Waals surface area contributed by atoms with Gasteiger partial charge in [0.15, 0.2) is 14.1 Å². The average molecular weight is 235 g/mol. The molecule has 3 atom stereocenters. The Balaban J connectivity index is 2.16. The lowest BCUT2D eigenvalue weighted by Gasteiger charge is -2.33. The third-order valence-electron chi connectivity index (χ3n) is 3.22. The highest BCUT2D eigenvalue weighted by Crippen LogP contribution is 2.67. The molecular formula is C10H19ClO2Si. The molecule has 0 N–H and O–H groups in total. The molecule has 1 saturated heterocycles. The molecule has 2 fully saturated rings. The predicted octanol–water partition coefficient (Wildman–Crippen LogP) is 2.97. The van der Waals surface area contributed by atoms with Gasteiger partial charge in [-0.05, 0) is 32.5 Å². The fraction of sp³-hybridized carbons (Fsp3) is 1.00. The van der Waals surface area contributed by atoms with E-state index in [2.05, 4.69) is 26.6 Å². The number of alkyl halides is 1. The number of halogens is 1. The normalized spacial score (nSPS) is 47.4. The van der Waals surface area contributed by atoms with Crippen molar-refractivity contribution >= 4 is 19.9 Å². The van der Waals surface area contributed by atoms with Gasteiger partial charge in [0.05, 0.1) is 12.0 Å². The van der Waals surface area contributed by atoms with Crippen molar-refractivity contribution in [2.75, 3.05) is 6.61 Å². The summed E-state index contributed by atoms with van der Waals surface area (Å²) >= 11 is 6.33. The molecule has 14 heavy (non-hydrogen) atoms. The Hall–Kier alpha value is 0.427. The smallest absolute Gasteiger partial charge is 0.187 e. The van der Waals surface area contributed by atoms with Crippen LogP contribution in [0.15, 0.2) is 0 Å². The Morgan fingerprint density at radius 2 is 2.07 bits per heavy atom. The third-order valence-corrected chi connectivity index (χ3v) is 4.91. The van der Waals surface area contributed by atoms with Crippen molar-refractivity contribution in [2.45, 2.75) is 50.6 Å². The molecule has 0 radical (unpaired) electrons. The van der Waals surface area contributed by atoms with Crippen molar-refractivity contribution in [2.24, 2.45) is 5.41 Å². The van der Waals surface area contributed by atoms with Crippen LogP contribution in [0, 0.1) is 5.41 Å². The maximum atomic E-state index is 6.33. The summed E-state index contributed by atoms with van der Waals surface area (Å²) in [5.74, 6) is -0.447. The quantitative estimate of drug-likeness (QED) is 0.540. The summed E-state index contributed by atoms with van der Waals surface area (Å²) in [4.78, 5) is 0. The second-order valence-corrected chi connectivity index (χ2v) is 10.5. The topological polar surface area (TPSA) is 18.5 Å². The Kier molecular flexibility index (Phi) is 2.32. The first kappa shape index (κ1) is 10.9. The van der Waals surface area contributed by atoms with E-state index in [0.717, 1.165) is 19.4 Å². The molecule has 1 aliphatic carbocycles. The average Bonchev–Trinajstić information content (AvgIpc) is 2.49. The minimum Gasteiger partial charge on any atom is -0.389 e. The molecule has 1 heterocycles. The van der Waals surface area contributed by atoms with Crippen LogP contribution in [0.3, 0.4) is 0 Å². The van der Waals surface area contributed by atoms with Crippen LogP contribution in [0.25, 0.3) is 0 Å². The largest absolute Gasteiger partial charge is 0.389 e. The lowest BCUT2D eigenvalue weighted by molar-refractivity contribution is -0.156. The van der Waals surface area contributed by atoms with Gasteiger partial charge < -0.3 is 9.16 Å². The van der Waals surface area contributed by atoms with Gasteiger partial charge in [-0.1, -0.05) is 6.92 Å². The fourth-order valence-corrected chi connectivity index (χ4v) is 4.36. The lowest BCUT2D eigenvalue weighted by atomic mass is 10.0. The molecular weight excluding hydrogens is 216 g/mol. The Bertz CT molecular complexity index is 253. The molecule has 0 spiro atoms. The van der Waals surface area contributed by atoms with E-state index in [1.165, 1.54) is 0 Å². The Morgan fingerprint density at radius 3 is 2.57 bits per heavy atom. The van der Waals surface area contributed by atoms with Gasteiger partial charge in [-0.15, -0.1) is 11.6 Å². The molecule has 2 aliphatic rings. The summed E-state index contributed by atoms with van der Waals surface area (Å²) in [5.41, 5.74) is 0.0626.